The zero-order valence-corrected chi connectivity index (χ0v) is 17.0. The van der Waals surface area contributed by atoms with Crippen LogP contribution >= 0.6 is 0 Å². The molecule has 0 aliphatic carbocycles. The predicted octanol–water partition coefficient (Wildman–Crippen LogP) is 5.07. The van der Waals surface area contributed by atoms with Gasteiger partial charge in [-0.2, -0.15) is 5.10 Å². The van der Waals surface area contributed by atoms with Crippen molar-refractivity contribution in [1.29, 1.82) is 0 Å². The van der Waals surface area contributed by atoms with E-state index in [0.717, 1.165) is 22.3 Å². The third kappa shape index (κ3) is 2.84. The van der Waals surface area contributed by atoms with E-state index < -0.39 is 0 Å². The molecule has 154 valence electrons. The smallest absolute Gasteiger partial charge is 0.161 e. The molecular weight excluding hydrogens is 405 g/mol. The first kappa shape index (κ1) is 18.3. The minimum atomic E-state index is -0.324. The maximum absolute atomic E-state index is 14.4. The Labute approximate surface area is 181 Å². The van der Waals surface area contributed by atoms with E-state index in [2.05, 4.69) is 25.1 Å². The summed E-state index contributed by atoms with van der Waals surface area (Å²) in [4.78, 5) is 21.3. The highest BCUT2D eigenvalue weighted by Gasteiger charge is 2.18. The third-order valence-electron chi connectivity index (χ3n) is 5.51. The van der Waals surface area contributed by atoms with Crippen molar-refractivity contribution in [1.82, 2.24) is 35.1 Å². The van der Waals surface area contributed by atoms with E-state index in [1.165, 1.54) is 6.07 Å². The summed E-state index contributed by atoms with van der Waals surface area (Å²) in [6, 6.07) is 12.4. The van der Waals surface area contributed by atoms with Gasteiger partial charge in [0, 0.05) is 35.3 Å². The van der Waals surface area contributed by atoms with E-state index in [1.54, 1.807) is 43.0 Å². The van der Waals surface area contributed by atoms with Gasteiger partial charge >= 0.3 is 0 Å². The predicted molar refractivity (Wildman–Crippen MR) is 120 cm³/mol. The Kier molecular flexibility index (Phi) is 4.04. The number of H-pyrrole nitrogens is 2. The molecule has 7 nitrogen and oxygen atoms in total. The molecule has 6 rings (SSSR count). The maximum atomic E-state index is 14.4. The van der Waals surface area contributed by atoms with Crippen LogP contribution in [0.15, 0.2) is 67.3 Å². The first-order valence-electron chi connectivity index (χ1n) is 10.0. The number of rotatable bonds is 3. The van der Waals surface area contributed by atoms with Gasteiger partial charge in [-0.05, 0) is 36.8 Å². The lowest BCUT2D eigenvalue weighted by molar-refractivity contribution is 0.631. The van der Waals surface area contributed by atoms with Gasteiger partial charge < -0.3 is 4.98 Å². The average Bonchev–Trinajstić information content (AvgIpc) is 3.43. The minimum absolute atomic E-state index is 0.324. The summed E-state index contributed by atoms with van der Waals surface area (Å²) in [7, 11) is 0. The summed E-state index contributed by atoms with van der Waals surface area (Å²) < 4.78 is 14.4. The number of aromatic amines is 2. The van der Waals surface area contributed by atoms with Gasteiger partial charge in [0.05, 0.1) is 22.9 Å². The topological polar surface area (TPSA) is 96.0 Å². The Hall–Kier alpha value is -4.46. The molecule has 0 amide bonds. The molecule has 0 fully saturated rings. The molecule has 1 aromatic carbocycles. The second-order valence-corrected chi connectivity index (χ2v) is 7.50. The fourth-order valence-corrected chi connectivity index (χ4v) is 3.87. The molecule has 0 unspecified atom stereocenters. The lowest BCUT2D eigenvalue weighted by Gasteiger charge is -2.04. The number of nitrogens with zero attached hydrogens (tertiary/aromatic N) is 5. The fourth-order valence-electron chi connectivity index (χ4n) is 3.87. The van der Waals surface area contributed by atoms with Crippen LogP contribution in [0.1, 0.15) is 5.56 Å². The number of halogens is 1. The van der Waals surface area contributed by atoms with E-state index in [0.29, 0.717) is 39.2 Å². The van der Waals surface area contributed by atoms with E-state index in [1.807, 2.05) is 25.1 Å². The molecule has 0 spiro atoms. The standard InChI is InChI=1S/C24H16FN7/c1-13-8-9-26-10-15(13)18-6-7-19-22(28-18)23(32-31-19)24-29-20-12-27-11-16(21(20)30-24)14-4-2-3-5-17(14)25/h2-12H,1H3,(H,29,30)(H,31,32). The molecule has 5 aromatic heterocycles. The minimum Gasteiger partial charge on any atom is -0.335 e. The molecule has 2 N–H and O–H groups in total. The largest absolute Gasteiger partial charge is 0.335 e. The van der Waals surface area contributed by atoms with Crippen LogP contribution < -0.4 is 0 Å². The monoisotopic (exact) mass is 421 g/mol. The van der Waals surface area contributed by atoms with Crippen LogP contribution in [0.3, 0.4) is 0 Å². The van der Waals surface area contributed by atoms with Gasteiger partial charge in [0.25, 0.3) is 0 Å². The summed E-state index contributed by atoms with van der Waals surface area (Å²) in [5, 5.41) is 7.46. The average molecular weight is 421 g/mol. The van der Waals surface area contributed by atoms with E-state index in [9.17, 15) is 4.39 Å². The van der Waals surface area contributed by atoms with Crippen molar-refractivity contribution in [2.75, 3.05) is 0 Å². The van der Waals surface area contributed by atoms with Gasteiger partial charge in [-0.3, -0.25) is 15.1 Å². The Balaban J connectivity index is 1.53. The number of pyridine rings is 3. The number of benzene rings is 1. The summed E-state index contributed by atoms with van der Waals surface area (Å²) in [5.74, 6) is 0.208. The lowest BCUT2D eigenvalue weighted by atomic mass is 10.1. The molecule has 8 heteroatoms. The molecule has 0 bridgehead atoms. The molecule has 0 saturated heterocycles. The van der Waals surface area contributed by atoms with Crippen LogP contribution in [0.25, 0.3) is 56.0 Å². The van der Waals surface area contributed by atoms with Gasteiger partial charge in [-0.1, -0.05) is 18.2 Å². The summed E-state index contributed by atoms with van der Waals surface area (Å²) >= 11 is 0. The summed E-state index contributed by atoms with van der Waals surface area (Å²) in [6.45, 7) is 2.02. The van der Waals surface area contributed by atoms with Crippen molar-refractivity contribution in [3.8, 4) is 33.9 Å². The van der Waals surface area contributed by atoms with Crippen LogP contribution in [-0.4, -0.2) is 35.1 Å². The van der Waals surface area contributed by atoms with Crippen molar-refractivity contribution in [3.63, 3.8) is 0 Å². The quantitative estimate of drug-likeness (QED) is 0.416. The van der Waals surface area contributed by atoms with Crippen LogP contribution in [-0.2, 0) is 0 Å². The molecule has 0 aliphatic rings. The van der Waals surface area contributed by atoms with Gasteiger partial charge in [-0.15, -0.1) is 0 Å². The van der Waals surface area contributed by atoms with Crippen LogP contribution in [0.2, 0.25) is 0 Å². The maximum Gasteiger partial charge on any atom is 0.161 e. The Morgan fingerprint density at radius 1 is 0.781 bits per heavy atom. The van der Waals surface area contributed by atoms with Crippen LogP contribution in [0.5, 0.6) is 0 Å². The van der Waals surface area contributed by atoms with Gasteiger partial charge in [0.15, 0.2) is 11.5 Å². The normalized spacial score (nSPS) is 11.4. The molecule has 0 atom stereocenters. The molecule has 0 saturated carbocycles. The number of hydrogen-bond donors (Lipinski definition) is 2. The Bertz CT molecular complexity index is 1620. The highest BCUT2D eigenvalue weighted by atomic mass is 19.1. The Morgan fingerprint density at radius 3 is 2.53 bits per heavy atom. The summed E-state index contributed by atoms with van der Waals surface area (Å²) in [5.41, 5.74) is 7.27. The molecular formula is C24H16FN7. The number of imidazole rings is 1. The fraction of sp³-hybridized carbons (Fsp3) is 0.0417. The lowest BCUT2D eigenvalue weighted by Crippen LogP contribution is -1.90. The first-order chi connectivity index (χ1) is 15.7. The van der Waals surface area contributed by atoms with E-state index in [4.69, 9.17) is 9.97 Å². The first-order valence-corrected chi connectivity index (χ1v) is 10.0. The highest BCUT2D eigenvalue weighted by Crippen LogP contribution is 2.32. The van der Waals surface area contributed by atoms with E-state index in [-0.39, 0.29) is 5.82 Å². The van der Waals surface area contributed by atoms with Crippen molar-refractivity contribution in [3.05, 3.63) is 78.6 Å². The molecule has 0 aliphatic heterocycles. The number of nitrogens with one attached hydrogen (secondary N) is 2. The molecule has 32 heavy (non-hydrogen) atoms. The summed E-state index contributed by atoms with van der Waals surface area (Å²) in [6.07, 6.45) is 6.85. The van der Waals surface area contributed by atoms with Crippen molar-refractivity contribution in [2.45, 2.75) is 6.92 Å². The SMILES string of the molecule is Cc1ccncc1-c1ccc2[nH]nc(-c3nc4c(-c5ccccc5F)cncc4[nH]3)c2n1. The second-order valence-electron chi connectivity index (χ2n) is 7.50. The third-order valence-corrected chi connectivity index (χ3v) is 5.51. The zero-order chi connectivity index (χ0) is 21.7. The van der Waals surface area contributed by atoms with Crippen LogP contribution in [0, 0.1) is 12.7 Å². The van der Waals surface area contributed by atoms with E-state index >= 15 is 0 Å². The Morgan fingerprint density at radius 2 is 1.66 bits per heavy atom. The highest BCUT2D eigenvalue weighted by molar-refractivity contribution is 5.95. The molecule has 0 radical (unpaired) electrons. The molecule has 5 heterocycles. The van der Waals surface area contributed by atoms with Crippen molar-refractivity contribution < 1.29 is 4.39 Å². The van der Waals surface area contributed by atoms with Gasteiger partial charge in [-0.25, -0.2) is 14.4 Å². The van der Waals surface area contributed by atoms with Crippen molar-refractivity contribution >= 4 is 22.1 Å². The van der Waals surface area contributed by atoms with Gasteiger partial charge in [0.1, 0.15) is 16.9 Å². The number of aryl methyl sites for hydroxylation is 1. The van der Waals surface area contributed by atoms with Crippen LogP contribution in [0.4, 0.5) is 4.39 Å². The second kappa shape index (κ2) is 7.05. The number of fused-ring (bicyclic) bond motifs is 2. The number of hydrogen-bond acceptors (Lipinski definition) is 5. The molecule has 6 aromatic rings. The number of aromatic nitrogens is 7. The van der Waals surface area contributed by atoms with Gasteiger partial charge in [0.2, 0.25) is 0 Å². The van der Waals surface area contributed by atoms with Crippen molar-refractivity contribution in [2.24, 2.45) is 0 Å². The zero-order valence-electron chi connectivity index (χ0n) is 17.0.